The lowest BCUT2D eigenvalue weighted by Crippen LogP contribution is -2.44. The number of hydrogen-bond donors (Lipinski definition) is 2. The number of rotatable bonds is 4. The van der Waals surface area contributed by atoms with Gasteiger partial charge in [-0.05, 0) is 61.8 Å². The van der Waals surface area contributed by atoms with Crippen molar-refractivity contribution >= 4 is 15.8 Å². The third-order valence-electron chi connectivity index (χ3n) is 5.63. The Morgan fingerprint density at radius 1 is 1.17 bits per heavy atom. The van der Waals surface area contributed by atoms with Gasteiger partial charge in [-0.2, -0.15) is 0 Å². The minimum Gasteiger partial charge on any atom is -0.508 e. The maximum atomic E-state index is 12.6. The Kier molecular flexibility index (Phi) is 4.12. The second-order valence-electron chi connectivity index (χ2n) is 7.02. The Morgan fingerprint density at radius 2 is 1.87 bits per heavy atom. The Morgan fingerprint density at radius 3 is 2.52 bits per heavy atom. The molecule has 2 N–H and O–H groups in total. The molecule has 3 unspecified atom stereocenters. The summed E-state index contributed by atoms with van der Waals surface area (Å²) >= 11 is 0. The van der Waals surface area contributed by atoms with E-state index in [4.69, 9.17) is 0 Å². The van der Waals surface area contributed by atoms with Crippen molar-refractivity contribution < 1.29 is 23.4 Å². The van der Waals surface area contributed by atoms with Crippen molar-refractivity contribution in [2.24, 2.45) is 17.3 Å². The van der Waals surface area contributed by atoms with Crippen LogP contribution in [0, 0.1) is 17.3 Å². The first-order chi connectivity index (χ1) is 10.8. The van der Waals surface area contributed by atoms with Crippen molar-refractivity contribution in [2.75, 3.05) is 5.75 Å². The summed E-state index contributed by atoms with van der Waals surface area (Å²) in [5, 5.41) is 18.8. The van der Waals surface area contributed by atoms with Gasteiger partial charge in [-0.1, -0.05) is 12.8 Å². The number of carboxylic acid groups (broad SMARTS) is 1. The van der Waals surface area contributed by atoms with Crippen LogP contribution in [0.3, 0.4) is 0 Å². The van der Waals surface area contributed by atoms with Gasteiger partial charge in [0.2, 0.25) is 0 Å². The van der Waals surface area contributed by atoms with Gasteiger partial charge < -0.3 is 10.2 Å². The van der Waals surface area contributed by atoms with Gasteiger partial charge in [-0.3, -0.25) is 4.79 Å². The van der Waals surface area contributed by atoms with Crippen LogP contribution in [0.25, 0.3) is 0 Å². The van der Waals surface area contributed by atoms with E-state index in [1.165, 1.54) is 24.3 Å². The number of phenols is 1. The largest absolute Gasteiger partial charge is 0.508 e. The van der Waals surface area contributed by atoms with E-state index in [2.05, 4.69) is 0 Å². The molecule has 2 aliphatic rings. The van der Waals surface area contributed by atoms with E-state index in [1.54, 1.807) is 0 Å². The second-order valence-corrected chi connectivity index (χ2v) is 9.05. The molecule has 0 saturated heterocycles. The number of carbonyl (C=O) groups is 1. The number of hydrogen-bond acceptors (Lipinski definition) is 4. The van der Waals surface area contributed by atoms with Crippen LogP contribution < -0.4 is 0 Å². The lowest BCUT2D eigenvalue weighted by Gasteiger charge is -2.46. The summed E-state index contributed by atoms with van der Waals surface area (Å²) in [7, 11) is -3.41. The Bertz CT molecular complexity index is 694. The molecular weight excluding hydrogens is 316 g/mol. The molecule has 6 heteroatoms. The smallest absolute Gasteiger partial charge is 0.309 e. The molecule has 0 amide bonds. The van der Waals surface area contributed by atoms with Gasteiger partial charge in [0.15, 0.2) is 9.84 Å². The summed E-state index contributed by atoms with van der Waals surface area (Å²) in [6.45, 7) is 0. The van der Waals surface area contributed by atoms with Gasteiger partial charge in [0.1, 0.15) is 5.75 Å². The molecule has 2 fully saturated rings. The fourth-order valence-corrected chi connectivity index (χ4v) is 6.03. The van der Waals surface area contributed by atoms with Crippen molar-refractivity contribution in [3.05, 3.63) is 24.3 Å². The van der Waals surface area contributed by atoms with Gasteiger partial charge in [-0.15, -0.1) is 0 Å². The monoisotopic (exact) mass is 338 g/mol. The normalized spacial score (nSPS) is 30.8. The highest BCUT2D eigenvalue weighted by Crippen LogP contribution is 2.51. The Labute approximate surface area is 136 Å². The summed E-state index contributed by atoms with van der Waals surface area (Å²) < 4.78 is 25.2. The molecule has 0 radical (unpaired) electrons. The van der Waals surface area contributed by atoms with E-state index in [0.717, 1.165) is 19.3 Å². The van der Waals surface area contributed by atoms with Crippen LogP contribution in [-0.2, 0) is 14.6 Å². The van der Waals surface area contributed by atoms with Crippen LogP contribution in [0.4, 0.5) is 0 Å². The van der Waals surface area contributed by atoms with Crippen LogP contribution in [0.1, 0.15) is 38.5 Å². The fraction of sp³-hybridized carbons (Fsp3) is 0.588. The minimum atomic E-state index is -3.41. The summed E-state index contributed by atoms with van der Waals surface area (Å²) in [5.74, 6) is -0.401. The molecule has 3 atom stereocenters. The lowest BCUT2D eigenvalue weighted by atomic mass is 9.59. The molecule has 2 aliphatic carbocycles. The summed E-state index contributed by atoms with van der Waals surface area (Å²) in [5.41, 5.74) is -0.623. The number of aliphatic carboxylic acids is 1. The topological polar surface area (TPSA) is 91.7 Å². The highest BCUT2D eigenvalue weighted by Gasteiger charge is 2.49. The third kappa shape index (κ3) is 3.09. The Balaban J connectivity index is 1.76. The minimum absolute atomic E-state index is 0.0292. The molecule has 0 aliphatic heterocycles. The quantitative estimate of drug-likeness (QED) is 0.881. The Hall–Kier alpha value is -1.56. The van der Waals surface area contributed by atoms with Crippen molar-refractivity contribution in [1.29, 1.82) is 0 Å². The molecule has 23 heavy (non-hydrogen) atoms. The van der Waals surface area contributed by atoms with Crippen molar-refractivity contribution in [2.45, 2.75) is 43.4 Å². The van der Waals surface area contributed by atoms with Gasteiger partial charge in [0, 0.05) is 0 Å². The predicted molar refractivity (Wildman–Crippen MR) is 84.9 cm³/mol. The number of fused-ring (bicyclic) bond motifs is 2. The molecular formula is C17H22O5S. The van der Waals surface area contributed by atoms with Gasteiger partial charge in [0.05, 0.1) is 16.1 Å². The summed E-state index contributed by atoms with van der Waals surface area (Å²) in [6, 6.07) is 5.61. The van der Waals surface area contributed by atoms with Crippen LogP contribution in [0.5, 0.6) is 5.75 Å². The van der Waals surface area contributed by atoms with Crippen molar-refractivity contribution in [3.8, 4) is 5.75 Å². The number of sulfone groups is 1. The average molecular weight is 338 g/mol. The first-order valence-corrected chi connectivity index (χ1v) is 9.73. The van der Waals surface area contributed by atoms with Gasteiger partial charge in [-0.25, -0.2) is 8.42 Å². The molecule has 5 nitrogen and oxygen atoms in total. The number of aromatic hydroxyl groups is 1. The zero-order chi connectivity index (χ0) is 16.7. The molecule has 126 valence electrons. The molecule has 0 spiro atoms. The SMILES string of the molecule is O=C(O)C12CCCC(C1)C(CS(=O)(=O)c1ccc(O)cc1)CC2. The second kappa shape index (κ2) is 5.82. The van der Waals surface area contributed by atoms with E-state index < -0.39 is 21.2 Å². The highest BCUT2D eigenvalue weighted by molar-refractivity contribution is 7.91. The van der Waals surface area contributed by atoms with Crippen molar-refractivity contribution in [1.82, 2.24) is 0 Å². The van der Waals surface area contributed by atoms with E-state index in [-0.39, 0.29) is 28.2 Å². The number of carboxylic acids is 1. The molecule has 2 saturated carbocycles. The zero-order valence-electron chi connectivity index (χ0n) is 12.9. The molecule has 1 aromatic carbocycles. The maximum absolute atomic E-state index is 12.6. The van der Waals surface area contributed by atoms with Crippen LogP contribution in [-0.4, -0.2) is 30.4 Å². The predicted octanol–water partition coefficient (Wildman–Crippen LogP) is 2.84. The number of benzene rings is 1. The van der Waals surface area contributed by atoms with Crippen molar-refractivity contribution in [3.63, 3.8) is 0 Å². The molecule has 3 rings (SSSR count). The third-order valence-corrected chi connectivity index (χ3v) is 7.48. The molecule has 1 aromatic rings. The van der Waals surface area contributed by atoms with Gasteiger partial charge in [0.25, 0.3) is 0 Å². The molecule has 0 aromatic heterocycles. The fourth-order valence-electron chi connectivity index (χ4n) is 4.29. The zero-order valence-corrected chi connectivity index (χ0v) is 13.8. The van der Waals surface area contributed by atoms with Crippen LogP contribution >= 0.6 is 0 Å². The summed E-state index contributed by atoms with van der Waals surface area (Å²) in [4.78, 5) is 11.8. The van der Waals surface area contributed by atoms with Crippen LogP contribution in [0.15, 0.2) is 29.2 Å². The van der Waals surface area contributed by atoms with E-state index in [1.807, 2.05) is 0 Å². The van der Waals surface area contributed by atoms with E-state index in [9.17, 15) is 23.4 Å². The lowest BCUT2D eigenvalue weighted by molar-refractivity contribution is -0.156. The average Bonchev–Trinajstić information content (AvgIpc) is 2.51. The van der Waals surface area contributed by atoms with E-state index in [0.29, 0.717) is 19.3 Å². The first kappa shape index (κ1) is 16.3. The standard InChI is InChI=1S/C17H22O5S/c18-14-3-5-15(6-4-14)23(21,22)11-13-7-9-17(16(19)20)8-1-2-12(13)10-17/h3-6,12-13,18H,1-2,7-11H2,(H,19,20). The number of phenolic OH excluding ortho intramolecular Hbond substituents is 1. The van der Waals surface area contributed by atoms with Gasteiger partial charge >= 0.3 is 5.97 Å². The molecule has 2 bridgehead atoms. The molecule has 0 heterocycles. The van der Waals surface area contributed by atoms with E-state index >= 15 is 0 Å². The highest BCUT2D eigenvalue weighted by atomic mass is 32.2. The van der Waals surface area contributed by atoms with Crippen LogP contribution in [0.2, 0.25) is 0 Å². The maximum Gasteiger partial charge on any atom is 0.309 e. The summed E-state index contributed by atoms with van der Waals surface area (Å²) in [6.07, 6.45) is 4.36. The first-order valence-electron chi connectivity index (χ1n) is 8.08.